The molecule has 128 valence electrons. The van der Waals surface area contributed by atoms with Crippen LogP contribution in [0.15, 0.2) is 0 Å². The minimum Gasteiger partial charge on any atom is -0.412 e. The molecule has 1 rings (SSSR count). The summed E-state index contributed by atoms with van der Waals surface area (Å²) in [6.45, 7) is 3.33. The molecule has 0 bridgehead atoms. The third-order valence-corrected chi connectivity index (χ3v) is 4.53. The van der Waals surface area contributed by atoms with E-state index in [4.69, 9.17) is 4.74 Å². The summed E-state index contributed by atoms with van der Waals surface area (Å²) in [5.74, 6) is 0. The highest BCUT2D eigenvalue weighted by Crippen LogP contribution is 2.18. The van der Waals surface area contributed by atoms with E-state index in [-0.39, 0.29) is 5.48 Å². The van der Waals surface area contributed by atoms with Crippen molar-refractivity contribution in [1.29, 1.82) is 0 Å². The van der Waals surface area contributed by atoms with E-state index < -0.39 is 0 Å². The second kappa shape index (κ2) is 16.3. The second-order valence-corrected chi connectivity index (χ2v) is 6.69. The number of ether oxygens (including phenoxy) is 1. The lowest BCUT2D eigenvalue weighted by atomic mass is 10.0. The number of epoxide rings is 1. The van der Waals surface area contributed by atoms with Gasteiger partial charge >= 0.3 is 0 Å². The molecule has 21 heavy (non-hydrogen) atoms. The van der Waals surface area contributed by atoms with Gasteiger partial charge in [0.1, 0.15) is 0 Å². The normalized spacial score (nSPS) is 16.7. The van der Waals surface area contributed by atoms with Gasteiger partial charge in [-0.05, 0) is 6.42 Å². The van der Waals surface area contributed by atoms with Crippen molar-refractivity contribution < 1.29 is 10.2 Å². The Bertz CT molecular complexity index is 190. The fraction of sp³-hybridized carbons (Fsp3) is 1.00. The van der Waals surface area contributed by atoms with Crippen molar-refractivity contribution in [3.8, 4) is 0 Å². The summed E-state index contributed by atoms with van der Waals surface area (Å²) in [7, 11) is 0. The van der Waals surface area contributed by atoms with Gasteiger partial charge in [-0.25, -0.2) is 0 Å². The van der Waals surface area contributed by atoms with Crippen molar-refractivity contribution in [3.63, 3.8) is 0 Å². The van der Waals surface area contributed by atoms with Crippen LogP contribution in [-0.4, -0.2) is 18.2 Å². The Morgan fingerprint density at radius 1 is 0.619 bits per heavy atom. The molecule has 1 unspecified atom stereocenters. The molecule has 0 spiro atoms. The molecule has 0 aliphatic carbocycles. The van der Waals surface area contributed by atoms with Gasteiger partial charge in [-0.15, -0.1) is 0 Å². The second-order valence-electron chi connectivity index (χ2n) is 6.69. The van der Waals surface area contributed by atoms with Crippen LogP contribution in [0.3, 0.4) is 0 Å². The lowest BCUT2D eigenvalue weighted by molar-refractivity contribution is 0.387. The van der Waals surface area contributed by atoms with Gasteiger partial charge in [0.15, 0.2) is 0 Å². The fourth-order valence-corrected chi connectivity index (χ4v) is 2.98. The summed E-state index contributed by atoms with van der Waals surface area (Å²) >= 11 is 0. The Hall–Kier alpha value is -0.0800. The van der Waals surface area contributed by atoms with E-state index in [9.17, 15) is 0 Å². The molecule has 1 heterocycles. The zero-order valence-corrected chi connectivity index (χ0v) is 14.5. The Morgan fingerprint density at radius 2 is 0.952 bits per heavy atom. The molecule has 1 fully saturated rings. The smallest absolute Gasteiger partial charge is 0.0810 e. The molecule has 0 aromatic carbocycles. The molecule has 0 aromatic rings. The van der Waals surface area contributed by atoms with E-state index in [0.717, 1.165) is 6.61 Å². The quantitative estimate of drug-likeness (QED) is 0.261. The molecule has 2 nitrogen and oxygen atoms in total. The largest absolute Gasteiger partial charge is 0.412 e. The average Bonchev–Trinajstić information content (AvgIpc) is 3.27. The molecular formula is C19H40O2. The van der Waals surface area contributed by atoms with E-state index in [2.05, 4.69) is 6.92 Å². The van der Waals surface area contributed by atoms with Crippen LogP contribution in [0.1, 0.15) is 110 Å². The predicted molar refractivity (Wildman–Crippen MR) is 92.9 cm³/mol. The topological polar surface area (TPSA) is 44.0 Å². The SMILES string of the molecule is CCCCCCCCCCCCCCCCCC1CO1.O. The maximum atomic E-state index is 5.23. The molecule has 1 atom stereocenters. The Kier molecular flexibility index (Phi) is 16.2. The monoisotopic (exact) mass is 300 g/mol. The van der Waals surface area contributed by atoms with Crippen LogP contribution in [0.25, 0.3) is 0 Å². The van der Waals surface area contributed by atoms with Crippen LogP contribution in [0, 0.1) is 0 Å². The van der Waals surface area contributed by atoms with E-state index in [1.807, 2.05) is 0 Å². The average molecular weight is 301 g/mol. The summed E-state index contributed by atoms with van der Waals surface area (Å²) < 4.78 is 5.23. The molecule has 0 radical (unpaired) electrons. The van der Waals surface area contributed by atoms with Crippen molar-refractivity contribution >= 4 is 0 Å². The van der Waals surface area contributed by atoms with Gasteiger partial charge in [-0.1, -0.05) is 103 Å². The van der Waals surface area contributed by atoms with Gasteiger partial charge in [0.25, 0.3) is 0 Å². The molecule has 2 heteroatoms. The van der Waals surface area contributed by atoms with Crippen LogP contribution in [0.5, 0.6) is 0 Å². The molecular weight excluding hydrogens is 260 g/mol. The first-order valence-corrected chi connectivity index (χ1v) is 9.55. The van der Waals surface area contributed by atoms with Gasteiger partial charge in [0.05, 0.1) is 12.7 Å². The summed E-state index contributed by atoms with van der Waals surface area (Å²) in [5, 5.41) is 0. The van der Waals surface area contributed by atoms with Crippen LogP contribution in [-0.2, 0) is 4.74 Å². The third-order valence-electron chi connectivity index (χ3n) is 4.53. The zero-order chi connectivity index (χ0) is 14.3. The minimum atomic E-state index is 0. The first-order chi connectivity index (χ1) is 9.93. The van der Waals surface area contributed by atoms with E-state index in [1.165, 1.54) is 103 Å². The van der Waals surface area contributed by atoms with E-state index in [0.29, 0.717) is 6.10 Å². The third kappa shape index (κ3) is 16.1. The van der Waals surface area contributed by atoms with Crippen LogP contribution >= 0.6 is 0 Å². The van der Waals surface area contributed by atoms with Crippen molar-refractivity contribution in [2.24, 2.45) is 0 Å². The number of hydrogen-bond acceptors (Lipinski definition) is 1. The standard InChI is InChI=1S/C19H38O.H2O/c1-2-3-4-5-6-7-8-9-10-11-12-13-14-15-16-17-19-18-20-19;/h19H,2-18H2,1H3;1H2. The highest BCUT2D eigenvalue weighted by molar-refractivity contribution is 4.68. The summed E-state index contributed by atoms with van der Waals surface area (Å²) in [6.07, 6.45) is 23.8. The molecule has 0 aromatic heterocycles. The fourth-order valence-electron chi connectivity index (χ4n) is 2.98. The summed E-state index contributed by atoms with van der Waals surface area (Å²) in [6, 6.07) is 0. The molecule has 0 amide bonds. The zero-order valence-electron chi connectivity index (χ0n) is 14.5. The van der Waals surface area contributed by atoms with Gasteiger partial charge in [-0.2, -0.15) is 0 Å². The van der Waals surface area contributed by atoms with Gasteiger partial charge in [0.2, 0.25) is 0 Å². The first-order valence-electron chi connectivity index (χ1n) is 9.55. The maximum Gasteiger partial charge on any atom is 0.0810 e. The Balaban J connectivity index is 0.00000400. The number of rotatable bonds is 16. The predicted octanol–water partition coefficient (Wildman–Crippen LogP) is 5.82. The molecule has 1 aliphatic heterocycles. The van der Waals surface area contributed by atoms with Crippen molar-refractivity contribution in [2.45, 2.75) is 116 Å². The molecule has 1 saturated heterocycles. The molecule has 1 aliphatic rings. The van der Waals surface area contributed by atoms with Gasteiger partial charge < -0.3 is 10.2 Å². The lowest BCUT2D eigenvalue weighted by Gasteiger charge is -2.03. The van der Waals surface area contributed by atoms with E-state index in [1.54, 1.807) is 0 Å². The molecule has 0 saturated carbocycles. The summed E-state index contributed by atoms with van der Waals surface area (Å²) in [5.41, 5.74) is 0. The van der Waals surface area contributed by atoms with Crippen molar-refractivity contribution in [3.05, 3.63) is 0 Å². The highest BCUT2D eigenvalue weighted by Gasteiger charge is 2.20. The Labute approximate surface area is 133 Å². The molecule has 2 N–H and O–H groups in total. The van der Waals surface area contributed by atoms with Crippen LogP contribution in [0.4, 0.5) is 0 Å². The number of hydrogen-bond donors (Lipinski definition) is 0. The van der Waals surface area contributed by atoms with Crippen LogP contribution in [0.2, 0.25) is 0 Å². The first kappa shape index (κ1) is 20.9. The van der Waals surface area contributed by atoms with Crippen molar-refractivity contribution in [2.75, 3.05) is 6.61 Å². The summed E-state index contributed by atoms with van der Waals surface area (Å²) in [4.78, 5) is 0. The maximum absolute atomic E-state index is 5.23. The minimum absolute atomic E-state index is 0. The van der Waals surface area contributed by atoms with E-state index >= 15 is 0 Å². The van der Waals surface area contributed by atoms with Crippen molar-refractivity contribution in [1.82, 2.24) is 0 Å². The Morgan fingerprint density at radius 3 is 1.29 bits per heavy atom. The lowest BCUT2D eigenvalue weighted by Crippen LogP contribution is -1.86. The highest BCUT2D eigenvalue weighted by atomic mass is 16.6. The van der Waals surface area contributed by atoms with Crippen LogP contribution < -0.4 is 0 Å². The van der Waals surface area contributed by atoms with Gasteiger partial charge in [0, 0.05) is 0 Å². The number of unbranched alkanes of at least 4 members (excludes halogenated alkanes) is 14. The van der Waals surface area contributed by atoms with Gasteiger partial charge in [-0.3, -0.25) is 0 Å².